The van der Waals surface area contributed by atoms with Crippen molar-refractivity contribution in [3.05, 3.63) is 41.0 Å². The van der Waals surface area contributed by atoms with Crippen LogP contribution in [0.5, 0.6) is 5.75 Å². The van der Waals surface area contributed by atoms with Gasteiger partial charge < -0.3 is 14.2 Å². The number of ketones is 1. The number of carbonyl (C=O) groups is 2. The Bertz CT molecular complexity index is 692. The van der Waals surface area contributed by atoms with Crippen molar-refractivity contribution >= 4 is 11.9 Å². The van der Waals surface area contributed by atoms with Gasteiger partial charge in [0.2, 0.25) is 0 Å². The zero-order chi connectivity index (χ0) is 19.3. The monoisotopic (exact) mass is 360 g/mol. The molecule has 0 bridgehead atoms. The van der Waals surface area contributed by atoms with Crippen LogP contribution in [0.2, 0.25) is 0 Å². The van der Waals surface area contributed by atoms with Gasteiger partial charge in [0.15, 0.2) is 5.78 Å². The first kappa shape index (κ1) is 20.0. The zero-order valence-electron chi connectivity index (χ0n) is 16.1. The maximum absolute atomic E-state index is 12.4. The Labute approximate surface area is 155 Å². The molecule has 0 fully saturated rings. The largest absolute Gasteiger partial charge is 0.511 e. The number of Topliss-reactive ketones (excluding diaryl/α,β-unsaturated/α-hetero) is 1. The maximum Gasteiger partial charge on any atom is 0.511 e. The molecular weight excluding hydrogens is 332 g/mol. The molecule has 5 nitrogen and oxygen atoms in total. The Morgan fingerprint density at radius 1 is 1.35 bits per heavy atom. The average Bonchev–Trinajstić information content (AvgIpc) is 2.98. The van der Waals surface area contributed by atoms with E-state index in [1.807, 2.05) is 32.9 Å². The molecule has 0 radical (unpaired) electrons. The van der Waals surface area contributed by atoms with Crippen LogP contribution in [0.3, 0.4) is 0 Å². The number of benzene rings is 1. The van der Waals surface area contributed by atoms with E-state index in [2.05, 4.69) is 13.5 Å². The molecule has 2 unspecified atom stereocenters. The molecule has 0 saturated heterocycles. The van der Waals surface area contributed by atoms with Crippen LogP contribution in [0.25, 0.3) is 0 Å². The van der Waals surface area contributed by atoms with Gasteiger partial charge >= 0.3 is 6.16 Å². The fourth-order valence-corrected chi connectivity index (χ4v) is 2.87. The van der Waals surface area contributed by atoms with E-state index in [4.69, 9.17) is 14.2 Å². The van der Waals surface area contributed by atoms with Gasteiger partial charge in [-0.3, -0.25) is 4.79 Å². The van der Waals surface area contributed by atoms with Gasteiger partial charge in [0, 0.05) is 11.1 Å². The highest BCUT2D eigenvalue weighted by atomic mass is 16.8. The van der Waals surface area contributed by atoms with Crippen molar-refractivity contribution in [1.29, 1.82) is 0 Å². The fraction of sp³-hybridized carbons (Fsp3) is 0.524. The summed E-state index contributed by atoms with van der Waals surface area (Å²) in [4.78, 5) is 24.3. The average molecular weight is 360 g/mol. The minimum Gasteiger partial charge on any atom is -0.454 e. The maximum atomic E-state index is 12.4. The molecule has 1 aromatic rings. The van der Waals surface area contributed by atoms with Crippen LogP contribution in [0.1, 0.15) is 67.9 Å². The van der Waals surface area contributed by atoms with Crippen molar-refractivity contribution in [2.75, 3.05) is 0 Å². The van der Waals surface area contributed by atoms with E-state index in [1.165, 1.54) is 0 Å². The Hall–Kier alpha value is -2.30. The van der Waals surface area contributed by atoms with E-state index < -0.39 is 12.4 Å². The van der Waals surface area contributed by atoms with Gasteiger partial charge in [0.25, 0.3) is 6.29 Å². The highest BCUT2D eigenvalue weighted by Crippen LogP contribution is 2.33. The first-order valence-electron chi connectivity index (χ1n) is 9.25. The number of hydrogen-bond donors (Lipinski definition) is 0. The van der Waals surface area contributed by atoms with Crippen molar-refractivity contribution in [3.63, 3.8) is 0 Å². The molecule has 0 aliphatic carbocycles. The molecule has 142 valence electrons. The predicted octanol–water partition coefficient (Wildman–Crippen LogP) is 5.14. The fourth-order valence-electron chi connectivity index (χ4n) is 2.87. The van der Waals surface area contributed by atoms with Gasteiger partial charge in [0.1, 0.15) is 11.9 Å². The quantitative estimate of drug-likeness (QED) is 0.365. The molecule has 0 saturated carbocycles. The molecular formula is C21H28O5. The third kappa shape index (κ3) is 4.87. The molecule has 1 aromatic carbocycles. The summed E-state index contributed by atoms with van der Waals surface area (Å²) in [5.74, 6) is 0.583. The molecule has 1 heterocycles. The summed E-state index contributed by atoms with van der Waals surface area (Å²) in [5, 5.41) is 0. The Balaban J connectivity index is 1.99. The molecule has 0 spiro atoms. The molecule has 0 N–H and O–H groups in total. The standard InChI is InChI=1S/C21H28O5/c1-6-8-9-15(5)24-21(23)26-19-12-16-11-17(20(22)13(3)7-2)14(4)10-18(16)25-19/h10-11,15,19H,3,6-9,12H2,1-2,4-5H3. The van der Waals surface area contributed by atoms with Gasteiger partial charge in [-0.25, -0.2) is 4.79 Å². The number of fused-ring (bicyclic) bond motifs is 1. The first-order valence-corrected chi connectivity index (χ1v) is 9.25. The lowest BCUT2D eigenvalue weighted by molar-refractivity contribution is -0.0627. The van der Waals surface area contributed by atoms with Gasteiger partial charge in [-0.2, -0.15) is 0 Å². The van der Waals surface area contributed by atoms with Crippen molar-refractivity contribution in [2.45, 2.75) is 72.2 Å². The van der Waals surface area contributed by atoms with E-state index in [0.717, 1.165) is 30.4 Å². The van der Waals surface area contributed by atoms with E-state index in [9.17, 15) is 9.59 Å². The zero-order valence-corrected chi connectivity index (χ0v) is 16.1. The molecule has 1 aliphatic heterocycles. The SMILES string of the molecule is C=C(CC)C(=O)c1cc2c(cc1C)OC(OC(=O)OC(C)CCCC)C2. The second kappa shape index (κ2) is 8.88. The summed E-state index contributed by atoms with van der Waals surface area (Å²) in [7, 11) is 0. The number of unbranched alkanes of at least 4 members (excludes halogenated alkanes) is 1. The van der Waals surface area contributed by atoms with Crippen LogP contribution < -0.4 is 4.74 Å². The van der Waals surface area contributed by atoms with Gasteiger partial charge in [-0.15, -0.1) is 0 Å². The molecule has 2 rings (SSSR count). The number of carbonyl (C=O) groups excluding carboxylic acids is 2. The molecule has 2 atom stereocenters. The summed E-state index contributed by atoms with van der Waals surface area (Å²) < 4.78 is 16.2. The van der Waals surface area contributed by atoms with Crippen LogP contribution in [-0.2, 0) is 15.9 Å². The highest BCUT2D eigenvalue weighted by Gasteiger charge is 2.29. The van der Waals surface area contributed by atoms with Crippen molar-refractivity contribution in [1.82, 2.24) is 0 Å². The lowest BCUT2D eigenvalue weighted by Gasteiger charge is -2.15. The molecule has 0 aromatic heterocycles. The first-order chi connectivity index (χ1) is 12.3. The molecule has 1 aliphatic rings. The number of hydrogen-bond acceptors (Lipinski definition) is 5. The van der Waals surface area contributed by atoms with Gasteiger partial charge in [0.05, 0.1) is 6.42 Å². The number of allylic oxidation sites excluding steroid dienone is 1. The topological polar surface area (TPSA) is 61.8 Å². The Morgan fingerprint density at radius 3 is 2.73 bits per heavy atom. The summed E-state index contributed by atoms with van der Waals surface area (Å²) >= 11 is 0. The second-order valence-electron chi connectivity index (χ2n) is 6.75. The number of aryl methyl sites for hydroxylation is 1. The third-order valence-electron chi connectivity index (χ3n) is 4.53. The second-order valence-corrected chi connectivity index (χ2v) is 6.75. The number of rotatable bonds is 8. The van der Waals surface area contributed by atoms with Crippen molar-refractivity contribution in [2.24, 2.45) is 0 Å². The molecule has 5 heteroatoms. The van der Waals surface area contributed by atoms with E-state index in [0.29, 0.717) is 29.7 Å². The van der Waals surface area contributed by atoms with Crippen LogP contribution in [0, 0.1) is 6.92 Å². The summed E-state index contributed by atoms with van der Waals surface area (Å²) in [6.07, 6.45) is 2.23. The smallest absolute Gasteiger partial charge is 0.454 e. The van der Waals surface area contributed by atoms with Crippen LogP contribution in [0.4, 0.5) is 4.79 Å². The lowest BCUT2D eigenvalue weighted by atomic mass is 9.95. The van der Waals surface area contributed by atoms with Gasteiger partial charge in [-0.1, -0.05) is 33.3 Å². The minimum atomic E-state index is -0.727. The van der Waals surface area contributed by atoms with Crippen molar-refractivity contribution in [3.8, 4) is 5.75 Å². The van der Waals surface area contributed by atoms with Crippen LogP contribution in [-0.4, -0.2) is 24.3 Å². The number of ether oxygens (including phenoxy) is 3. The Morgan fingerprint density at radius 2 is 2.08 bits per heavy atom. The van der Waals surface area contributed by atoms with Crippen LogP contribution in [0.15, 0.2) is 24.3 Å². The lowest BCUT2D eigenvalue weighted by Crippen LogP contribution is -2.25. The third-order valence-corrected chi connectivity index (χ3v) is 4.53. The van der Waals surface area contributed by atoms with E-state index in [-0.39, 0.29) is 11.9 Å². The minimum absolute atomic E-state index is 0.0543. The summed E-state index contributed by atoms with van der Waals surface area (Å²) in [5.41, 5.74) is 2.86. The Kier molecular flexibility index (Phi) is 6.83. The highest BCUT2D eigenvalue weighted by molar-refractivity contribution is 6.09. The van der Waals surface area contributed by atoms with E-state index in [1.54, 1.807) is 0 Å². The predicted molar refractivity (Wildman–Crippen MR) is 99.6 cm³/mol. The normalized spacial score (nSPS) is 16.4. The summed E-state index contributed by atoms with van der Waals surface area (Å²) in [6, 6.07) is 3.62. The van der Waals surface area contributed by atoms with Crippen molar-refractivity contribution < 1.29 is 23.8 Å². The van der Waals surface area contributed by atoms with Crippen LogP contribution >= 0.6 is 0 Å². The summed E-state index contributed by atoms with van der Waals surface area (Å²) in [6.45, 7) is 11.5. The van der Waals surface area contributed by atoms with E-state index >= 15 is 0 Å². The molecule has 26 heavy (non-hydrogen) atoms. The molecule has 0 amide bonds. The van der Waals surface area contributed by atoms with Gasteiger partial charge in [-0.05, 0) is 50.0 Å².